The number of aryl methyl sites for hydroxylation is 1. The maximum atomic E-state index is 9.03. The number of aliphatic hydroxyl groups is 1. The van der Waals surface area contributed by atoms with Gasteiger partial charge in [-0.3, -0.25) is 0 Å². The van der Waals surface area contributed by atoms with E-state index >= 15 is 0 Å². The van der Waals surface area contributed by atoms with Crippen LogP contribution in [0.3, 0.4) is 0 Å². The smallest absolute Gasteiger partial charge is 0.0434 e. The molecule has 18 heavy (non-hydrogen) atoms. The first-order valence-corrected chi connectivity index (χ1v) is 7.05. The molecule has 0 radical (unpaired) electrons. The van der Waals surface area contributed by atoms with Crippen LogP contribution in [0.4, 0.5) is 0 Å². The summed E-state index contributed by atoms with van der Waals surface area (Å²) in [6.07, 6.45) is 3.30. The van der Waals surface area contributed by atoms with E-state index in [1.165, 1.54) is 29.5 Å². The lowest BCUT2D eigenvalue weighted by Crippen LogP contribution is -2.23. The first-order chi connectivity index (χ1) is 8.69. The fourth-order valence-electron chi connectivity index (χ4n) is 2.35. The molecule has 0 amide bonds. The summed E-state index contributed by atoms with van der Waals surface area (Å²) in [7, 11) is 0. The van der Waals surface area contributed by atoms with Crippen molar-refractivity contribution in [2.24, 2.45) is 5.92 Å². The van der Waals surface area contributed by atoms with Gasteiger partial charge in [0, 0.05) is 13.2 Å². The number of hydrogen-bond acceptors (Lipinski definition) is 2. The number of benzene rings is 1. The van der Waals surface area contributed by atoms with Crippen LogP contribution in [0.1, 0.15) is 42.9 Å². The Hall–Kier alpha value is -0.860. The van der Waals surface area contributed by atoms with Gasteiger partial charge in [-0.25, -0.2) is 0 Å². The van der Waals surface area contributed by atoms with Crippen molar-refractivity contribution in [1.82, 2.24) is 5.32 Å². The molecule has 102 valence electrons. The third-order valence-corrected chi connectivity index (χ3v) is 3.70. The van der Waals surface area contributed by atoms with E-state index < -0.39 is 0 Å². The lowest BCUT2D eigenvalue weighted by molar-refractivity contribution is 0.248. The van der Waals surface area contributed by atoms with Gasteiger partial charge in [0.1, 0.15) is 0 Å². The number of hydrogen-bond donors (Lipinski definition) is 2. The van der Waals surface area contributed by atoms with Gasteiger partial charge in [-0.05, 0) is 55.8 Å². The number of aliphatic hydroxyl groups excluding tert-OH is 1. The minimum absolute atomic E-state index is 0.301. The minimum atomic E-state index is 0.301. The SMILES string of the molecule is CCCC(CCO)CNCc1cccc(C)c1C. The molecule has 0 aliphatic heterocycles. The highest BCUT2D eigenvalue weighted by Crippen LogP contribution is 2.13. The van der Waals surface area contributed by atoms with Crippen LogP contribution in [0.15, 0.2) is 18.2 Å². The molecule has 1 aromatic carbocycles. The van der Waals surface area contributed by atoms with Gasteiger partial charge in [-0.1, -0.05) is 31.5 Å². The molecule has 2 N–H and O–H groups in total. The molecule has 0 aliphatic carbocycles. The van der Waals surface area contributed by atoms with Crippen LogP contribution in [-0.4, -0.2) is 18.3 Å². The number of rotatable bonds is 8. The highest BCUT2D eigenvalue weighted by atomic mass is 16.3. The van der Waals surface area contributed by atoms with Crippen molar-refractivity contribution >= 4 is 0 Å². The molecule has 0 spiro atoms. The standard InChI is InChI=1S/C16H27NO/c1-4-6-15(9-10-18)11-17-12-16-8-5-7-13(2)14(16)3/h5,7-8,15,17-18H,4,6,9-12H2,1-3H3. The highest BCUT2D eigenvalue weighted by Gasteiger charge is 2.07. The molecule has 2 heteroatoms. The fraction of sp³-hybridized carbons (Fsp3) is 0.625. The molecule has 0 saturated heterocycles. The van der Waals surface area contributed by atoms with Gasteiger partial charge in [-0.2, -0.15) is 0 Å². The van der Waals surface area contributed by atoms with E-state index in [2.05, 4.69) is 44.3 Å². The van der Waals surface area contributed by atoms with Crippen LogP contribution in [-0.2, 0) is 6.54 Å². The largest absolute Gasteiger partial charge is 0.396 e. The predicted octanol–water partition coefficient (Wildman–Crippen LogP) is 3.19. The molecular weight excluding hydrogens is 222 g/mol. The molecule has 0 heterocycles. The Morgan fingerprint density at radius 2 is 2.00 bits per heavy atom. The maximum absolute atomic E-state index is 9.03. The van der Waals surface area contributed by atoms with Crippen LogP contribution in [0.2, 0.25) is 0 Å². The average molecular weight is 249 g/mol. The Morgan fingerprint density at radius 3 is 2.67 bits per heavy atom. The molecule has 0 bridgehead atoms. The third kappa shape index (κ3) is 4.79. The Morgan fingerprint density at radius 1 is 1.22 bits per heavy atom. The first kappa shape index (κ1) is 15.2. The van der Waals surface area contributed by atoms with Crippen molar-refractivity contribution in [3.63, 3.8) is 0 Å². The summed E-state index contributed by atoms with van der Waals surface area (Å²) in [6, 6.07) is 6.47. The van der Waals surface area contributed by atoms with Crippen molar-refractivity contribution < 1.29 is 5.11 Å². The molecule has 1 unspecified atom stereocenters. The zero-order chi connectivity index (χ0) is 13.4. The normalized spacial score (nSPS) is 12.7. The van der Waals surface area contributed by atoms with Crippen molar-refractivity contribution in [2.45, 2.75) is 46.6 Å². The molecular formula is C16H27NO. The molecule has 0 fully saturated rings. The third-order valence-electron chi connectivity index (χ3n) is 3.70. The maximum Gasteiger partial charge on any atom is 0.0434 e. The zero-order valence-electron chi connectivity index (χ0n) is 12.0. The van der Waals surface area contributed by atoms with Gasteiger partial charge >= 0.3 is 0 Å². The molecule has 2 nitrogen and oxygen atoms in total. The summed E-state index contributed by atoms with van der Waals surface area (Å²) in [5.74, 6) is 0.602. The van der Waals surface area contributed by atoms with E-state index in [1.807, 2.05) is 0 Å². The lowest BCUT2D eigenvalue weighted by Gasteiger charge is -2.16. The molecule has 0 saturated carbocycles. The van der Waals surface area contributed by atoms with E-state index in [0.29, 0.717) is 12.5 Å². The number of nitrogens with one attached hydrogen (secondary N) is 1. The molecule has 0 aromatic heterocycles. The summed E-state index contributed by atoms with van der Waals surface area (Å²) < 4.78 is 0. The fourth-order valence-corrected chi connectivity index (χ4v) is 2.35. The van der Waals surface area contributed by atoms with E-state index in [9.17, 15) is 0 Å². The second-order valence-corrected chi connectivity index (χ2v) is 5.16. The van der Waals surface area contributed by atoms with E-state index in [4.69, 9.17) is 5.11 Å². The monoisotopic (exact) mass is 249 g/mol. The molecule has 1 rings (SSSR count). The van der Waals surface area contributed by atoms with Gasteiger partial charge in [0.15, 0.2) is 0 Å². The van der Waals surface area contributed by atoms with Crippen molar-refractivity contribution in [3.05, 3.63) is 34.9 Å². The minimum Gasteiger partial charge on any atom is -0.396 e. The Bertz CT molecular complexity index is 343. The van der Waals surface area contributed by atoms with Crippen LogP contribution in [0, 0.1) is 19.8 Å². The second kappa shape index (κ2) is 8.28. The topological polar surface area (TPSA) is 32.3 Å². The zero-order valence-corrected chi connectivity index (χ0v) is 12.0. The molecule has 1 aromatic rings. The highest BCUT2D eigenvalue weighted by molar-refractivity contribution is 5.32. The summed E-state index contributed by atoms with van der Waals surface area (Å²) in [5, 5.41) is 12.6. The summed E-state index contributed by atoms with van der Waals surface area (Å²) >= 11 is 0. The Kier molecular flexibility index (Phi) is 6.99. The van der Waals surface area contributed by atoms with Crippen molar-refractivity contribution in [3.8, 4) is 0 Å². The van der Waals surface area contributed by atoms with Gasteiger partial charge in [0.25, 0.3) is 0 Å². The average Bonchev–Trinajstić information content (AvgIpc) is 2.35. The molecule has 0 aliphatic rings. The molecule has 1 atom stereocenters. The summed E-state index contributed by atoms with van der Waals surface area (Å²) in [6.45, 7) is 8.78. The Labute approximate surface area is 111 Å². The quantitative estimate of drug-likeness (QED) is 0.741. The van der Waals surface area contributed by atoms with E-state index in [1.54, 1.807) is 0 Å². The van der Waals surface area contributed by atoms with Gasteiger partial charge < -0.3 is 10.4 Å². The van der Waals surface area contributed by atoms with Crippen molar-refractivity contribution in [1.29, 1.82) is 0 Å². The summed E-state index contributed by atoms with van der Waals surface area (Å²) in [5.41, 5.74) is 4.13. The van der Waals surface area contributed by atoms with Crippen LogP contribution in [0.5, 0.6) is 0 Å². The van der Waals surface area contributed by atoms with Crippen LogP contribution >= 0.6 is 0 Å². The Balaban J connectivity index is 2.42. The second-order valence-electron chi connectivity index (χ2n) is 5.16. The van der Waals surface area contributed by atoms with Gasteiger partial charge in [0.2, 0.25) is 0 Å². The van der Waals surface area contributed by atoms with E-state index in [-0.39, 0.29) is 0 Å². The predicted molar refractivity (Wildman–Crippen MR) is 77.7 cm³/mol. The van der Waals surface area contributed by atoms with Crippen LogP contribution < -0.4 is 5.32 Å². The van der Waals surface area contributed by atoms with Gasteiger partial charge in [0.05, 0.1) is 0 Å². The lowest BCUT2D eigenvalue weighted by atomic mass is 9.99. The van der Waals surface area contributed by atoms with Gasteiger partial charge in [-0.15, -0.1) is 0 Å². The first-order valence-electron chi connectivity index (χ1n) is 7.05. The summed E-state index contributed by atoms with van der Waals surface area (Å²) in [4.78, 5) is 0. The van der Waals surface area contributed by atoms with Crippen molar-refractivity contribution in [2.75, 3.05) is 13.2 Å². The van der Waals surface area contributed by atoms with Crippen LogP contribution in [0.25, 0.3) is 0 Å². The van der Waals surface area contributed by atoms with E-state index in [0.717, 1.165) is 19.5 Å².